The van der Waals surface area contributed by atoms with E-state index in [0.717, 1.165) is 16.8 Å². The van der Waals surface area contributed by atoms with E-state index in [1.807, 2.05) is 13.8 Å². The van der Waals surface area contributed by atoms with Crippen LogP contribution in [0, 0.1) is 5.92 Å². The molecule has 0 fully saturated rings. The Morgan fingerprint density at radius 3 is 2.60 bits per heavy atom. The molecule has 5 heteroatoms. The van der Waals surface area contributed by atoms with Gasteiger partial charge in [0.05, 0.1) is 5.04 Å². The fourth-order valence-electron chi connectivity index (χ4n) is 1.10. The number of aliphatic imine (C=N–C) groups is 1. The first-order valence-electron chi connectivity index (χ1n) is 4.80. The molecule has 0 radical (unpaired) electrons. The quantitative estimate of drug-likeness (QED) is 0.765. The Kier molecular flexibility index (Phi) is 4.00. The first-order chi connectivity index (χ1) is 6.85. The zero-order valence-electron chi connectivity index (χ0n) is 9.36. The Bertz CT molecular complexity index is 325. The molecular weight excluding hydrogens is 230 g/mol. The highest BCUT2D eigenvalue weighted by Gasteiger charge is 2.40. The number of rotatable bonds is 3. The molecule has 1 aliphatic rings. The third-order valence-corrected chi connectivity index (χ3v) is 4.55. The summed E-state index contributed by atoms with van der Waals surface area (Å²) in [6.45, 7) is 7.34. The molecule has 0 saturated carbocycles. The normalized spacial score (nSPS) is 25.9. The Morgan fingerprint density at radius 1 is 1.60 bits per heavy atom. The van der Waals surface area contributed by atoms with Crippen LogP contribution in [0.25, 0.3) is 0 Å². The van der Waals surface area contributed by atoms with E-state index in [1.54, 1.807) is 6.92 Å². The second-order valence-electron chi connectivity index (χ2n) is 4.05. The topological polar surface area (TPSA) is 46.5 Å². The molecule has 0 spiro atoms. The minimum Gasteiger partial charge on any atom is -0.288 e. The lowest BCUT2D eigenvalue weighted by Crippen LogP contribution is -2.31. The Balaban J connectivity index is 2.75. The van der Waals surface area contributed by atoms with Gasteiger partial charge in [-0.15, -0.1) is 0 Å². The molecule has 0 aromatic carbocycles. The minimum absolute atomic E-state index is 0.0298. The van der Waals surface area contributed by atoms with Crippen molar-refractivity contribution in [1.82, 2.24) is 0 Å². The monoisotopic (exact) mass is 245 g/mol. The predicted molar refractivity (Wildman–Crippen MR) is 66.4 cm³/mol. The zero-order chi connectivity index (χ0) is 11.6. The Labute approximate surface area is 98.5 Å². The second kappa shape index (κ2) is 4.70. The van der Waals surface area contributed by atoms with Gasteiger partial charge in [-0.2, -0.15) is 0 Å². The second-order valence-corrected chi connectivity index (χ2v) is 6.19. The molecule has 0 aromatic rings. The van der Waals surface area contributed by atoms with Gasteiger partial charge in [0.2, 0.25) is 5.12 Å². The first-order valence-corrected chi connectivity index (χ1v) is 6.61. The molecule has 3 nitrogen and oxygen atoms in total. The number of hydrogen-bond acceptors (Lipinski definition) is 5. The zero-order valence-corrected chi connectivity index (χ0v) is 11.0. The standard InChI is InChI=1S/C10H15NO2S2/c1-6(2)8-11-10(4,9(13)15-8)5-14-7(3)12/h6H,5H2,1-4H3/t10-/m0/s1. The molecule has 0 unspecified atom stereocenters. The lowest BCUT2D eigenvalue weighted by Gasteiger charge is -2.15. The number of carbonyl (C=O) groups excluding carboxylic acids is 2. The summed E-state index contributed by atoms with van der Waals surface area (Å²) in [6, 6.07) is 0. The molecule has 0 bridgehead atoms. The minimum atomic E-state index is -0.708. The van der Waals surface area contributed by atoms with Crippen molar-refractivity contribution in [3.05, 3.63) is 0 Å². The van der Waals surface area contributed by atoms with Crippen molar-refractivity contribution in [2.45, 2.75) is 33.2 Å². The number of hydrogen-bond donors (Lipinski definition) is 0. The average molecular weight is 245 g/mol. The number of thioether (sulfide) groups is 2. The van der Waals surface area contributed by atoms with Crippen LogP contribution in [0.4, 0.5) is 0 Å². The van der Waals surface area contributed by atoms with Gasteiger partial charge >= 0.3 is 0 Å². The lowest BCUT2D eigenvalue weighted by atomic mass is 10.1. The van der Waals surface area contributed by atoms with Crippen molar-refractivity contribution in [3.8, 4) is 0 Å². The van der Waals surface area contributed by atoms with Gasteiger partial charge in [-0.3, -0.25) is 14.6 Å². The largest absolute Gasteiger partial charge is 0.288 e. The van der Waals surface area contributed by atoms with Crippen molar-refractivity contribution in [2.24, 2.45) is 10.9 Å². The fraction of sp³-hybridized carbons (Fsp3) is 0.700. The lowest BCUT2D eigenvalue weighted by molar-refractivity contribution is -0.113. The van der Waals surface area contributed by atoms with E-state index >= 15 is 0 Å². The predicted octanol–water partition coefficient (Wildman–Crippen LogP) is 2.35. The van der Waals surface area contributed by atoms with Crippen LogP contribution < -0.4 is 0 Å². The smallest absolute Gasteiger partial charge is 0.223 e. The number of nitrogens with zero attached hydrogens (tertiary/aromatic N) is 1. The third kappa shape index (κ3) is 3.08. The molecule has 0 aliphatic carbocycles. The SMILES string of the molecule is CC(=O)SC[C@]1(C)N=C(C(C)C)SC1=O. The molecule has 0 aromatic heterocycles. The van der Waals surface area contributed by atoms with E-state index < -0.39 is 5.54 Å². The summed E-state index contributed by atoms with van der Waals surface area (Å²) in [4.78, 5) is 27.0. The average Bonchev–Trinajstić information content (AvgIpc) is 2.41. The molecular formula is C10H15NO2S2. The van der Waals surface area contributed by atoms with Crippen LogP contribution in [-0.4, -0.2) is 26.6 Å². The van der Waals surface area contributed by atoms with Crippen LogP contribution in [0.5, 0.6) is 0 Å². The highest BCUT2D eigenvalue weighted by Crippen LogP contribution is 2.34. The van der Waals surface area contributed by atoms with Crippen molar-refractivity contribution >= 4 is 38.8 Å². The van der Waals surface area contributed by atoms with Crippen LogP contribution in [0.2, 0.25) is 0 Å². The maximum absolute atomic E-state index is 11.7. The van der Waals surface area contributed by atoms with Crippen molar-refractivity contribution in [1.29, 1.82) is 0 Å². The molecule has 0 N–H and O–H groups in total. The van der Waals surface area contributed by atoms with Gasteiger partial charge in [-0.1, -0.05) is 25.6 Å². The van der Waals surface area contributed by atoms with Gasteiger partial charge in [0.15, 0.2) is 5.12 Å². The molecule has 1 heterocycles. The first kappa shape index (κ1) is 12.8. The summed E-state index contributed by atoms with van der Waals surface area (Å²) in [6.07, 6.45) is 0. The van der Waals surface area contributed by atoms with Gasteiger partial charge < -0.3 is 0 Å². The number of carbonyl (C=O) groups is 2. The van der Waals surface area contributed by atoms with Crippen molar-refractivity contribution in [2.75, 3.05) is 5.75 Å². The van der Waals surface area contributed by atoms with E-state index in [4.69, 9.17) is 0 Å². The van der Waals surface area contributed by atoms with Gasteiger partial charge in [0, 0.05) is 18.6 Å². The van der Waals surface area contributed by atoms with Crippen LogP contribution in [0.3, 0.4) is 0 Å². The molecule has 1 aliphatic heterocycles. The van der Waals surface area contributed by atoms with E-state index in [0.29, 0.717) is 5.75 Å². The van der Waals surface area contributed by atoms with Crippen molar-refractivity contribution in [3.63, 3.8) is 0 Å². The molecule has 0 saturated heterocycles. The maximum atomic E-state index is 11.7. The van der Waals surface area contributed by atoms with E-state index in [9.17, 15) is 9.59 Å². The summed E-state index contributed by atoms with van der Waals surface area (Å²) >= 11 is 2.38. The van der Waals surface area contributed by atoms with Gasteiger partial charge in [0.25, 0.3) is 0 Å². The van der Waals surface area contributed by atoms with Gasteiger partial charge in [0.1, 0.15) is 5.54 Å². The molecule has 84 valence electrons. The van der Waals surface area contributed by atoms with E-state index in [-0.39, 0.29) is 16.1 Å². The summed E-state index contributed by atoms with van der Waals surface area (Å²) in [5, 5.41) is 0.967. The van der Waals surface area contributed by atoms with Gasteiger partial charge in [-0.05, 0) is 18.7 Å². The van der Waals surface area contributed by atoms with E-state index in [1.165, 1.54) is 18.7 Å². The third-order valence-electron chi connectivity index (χ3n) is 2.04. The summed E-state index contributed by atoms with van der Waals surface area (Å²) in [5.74, 6) is 0.729. The van der Waals surface area contributed by atoms with Crippen LogP contribution in [0.15, 0.2) is 4.99 Å². The van der Waals surface area contributed by atoms with Crippen LogP contribution in [-0.2, 0) is 9.59 Å². The summed E-state index contributed by atoms with van der Waals surface area (Å²) in [5.41, 5.74) is -0.708. The summed E-state index contributed by atoms with van der Waals surface area (Å²) in [7, 11) is 0. The highest BCUT2D eigenvalue weighted by molar-refractivity contribution is 8.27. The molecule has 1 atom stereocenters. The maximum Gasteiger partial charge on any atom is 0.223 e. The Morgan fingerprint density at radius 2 is 2.20 bits per heavy atom. The molecule has 0 amide bonds. The van der Waals surface area contributed by atoms with Crippen LogP contribution >= 0.6 is 23.5 Å². The van der Waals surface area contributed by atoms with Crippen LogP contribution in [0.1, 0.15) is 27.7 Å². The Hall–Kier alpha value is -0.290. The summed E-state index contributed by atoms with van der Waals surface area (Å²) < 4.78 is 0. The van der Waals surface area contributed by atoms with Crippen molar-refractivity contribution < 1.29 is 9.59 Å². The van der Waals surface area contributed by atoms with E-state index in [2.05, 4.69) is 4.99 Å². The molecule has 1 rings (SSSR count). The highest BCUT2D eigenvalue weighted by atomic mass is 32.2. The fourth-order valence-corrected chi connectivity index (χ4v) is 2.88. The molecule has 15 heavy (non-hydrogen) atoms. The van der Waals surface area contributed by atoms with Gasteiger partial charge in [-0.25, -0.2) is 0 Å².